The lowest BCUT2D eigenvalue weighted by Gasteiger charge is -1.98. The molecule has 0 aromatic carbocycles. The number of carbonyl (C=O) groups is 1. The fourth-order valence-corrected chi connectivity index (χ4v) is 0.520. The quantitative estimate of drug-likeness (QED) is 0.545. The molecule has 0 aliphatic heterocycles. The zero-order chi connectivity index (χ0) is 6.57. The third-order valence-electron chi connectivity index (χ3n) is 0.931. The lowest BCUT2D eigenvalue weighted by molar-refractivity contribution is -0.116. The summed E-state index contributed by atoms with van der Waals surface area (Å²) in [4.78, 5) is 10.6. The van der Waals surface area contributed by atoms with E-state index < -0.39 is 0 Å². The zero-order valence-electron chi connectivity index (χ0n) is 5.77. The van der Waals surface area contributed by atoms with Crippen molar-refractivity contribution < 1.29 is 4.79 Å². The summed E-state index contributed by atoms with van der Waals surface area (Å²) in [5.41, 5.74) is 0. The molecule has 0 rings (SSSR count). The van der Waals surface area contributed by atoms with Crippen LogP contribution in [0.15, 0.2) is 0 Å². The van der Waals surface area contributed by atoms with Crippen LogP contribution < -0.4 is 0 Å². The van der Waals surface area contributed by atoms with E-state index in [9.17, 15) is 4.79 Å². The van der Waals surface area contributed by atoms with Gasteiger partial charge in [-0.25, -0.2) is 0 Å². The molecule has 0 aliphatic rings. The van der Waals surface area contributed by atoms with Crippen molar-refractivity contribution in [2.24, 2.45) is 5.92 Å². The minimum atomic E-state index is 0.250. The van der Waals surface area contributed by atoms with Crippen molar-refractivity contribution in [3.63, 3.8) is 0 Å². The van der Waals surface area contributed by atoms with Gasteiger partial charge in [0.25, 0.3) is 0 Å². The number of hydrogen-bond acceptors (Lipinski definition) is 1. The van der Waals surface area contributed by atoms with Gasteiger partial charge in [-0.1, -0.05) is 20.8 Å². The number of ketones is 1. The van der Waals surface area contributed by atoms with Gasteiger partial charge < -0.3 is 0 Å². The number of Topliss-reactive ketones (excluding diaryl/α,β-unsaturated/α-hetero) is 1. The van der Waals surface area contributed by atoms with Crippen LogP contribution in [0.3, 0.4) is 0 Å². The predicted octanol–water partition coefficient (Wildman–Crippen LogP) is 1.83. The van der Waals surface area contributed by atoms with Crippen LogP contribution >= 0.6 is 0 Å². The topological polar surface area (TPSA) is 17.1 Å². The maximum atomic E-state index is 10.6. The first-order valence-corrected chi connectivity index (χ1v) is 2.99. The summed E-state index contributed by atoms with van der Waals surface area (Å²) in [5.74, 6) is 0.749. The third kappa shape index (κ3) is 3.85. The van der Waals surface area contributed by atoms with Gasteiger partial charge in [0.15, 0.2) is 0 Å². The second-order valence-electron chi connectivity index (χ2n) is 2.35. The van der Waals surface area contributed by atoms with Crippen molar-refractivity contribution in [2.75, 3.05) is 0 Å². The fourth-order valence-electron chi connectivity index (χ4n) is 0.520. The van der Waals surface area contributed by atoms with E-state index in [0.717, 1.165) is 0 Å². The molecule has 0 aromatic rings. The summed E-state index contributed by atoms with van der Waals surface area (Å²) in [5, 5.41) is 0. The monoisotopic (exact) mass is 113 g/mol. The van der Waals surface area contributed by atoms with E-state index in [-0.39, 0.29) is 5.78 Å². The highest BCUT2D eigenvalue weighted by molar-refractivity contribution is 5.86. The second kappa shape index (κ2) is 3.65. The van der Waals surface area contributed by atoms with E-state index in [0.29, 0.717) is 12.3 Å². The normalized spacial score (nSPS) is 10.0. The first-order chi connectivity index (χ1) is 3.66. The molecule has 1 nitrogen and oxygen atoms in total. The molecule has 0 aromatic heterocycles. The van der Waals surface area contributed by atoms with Crippen molar-refractivity contribution in [1.82, 2.24) is 0 Å². The fraction of sp³-hybridized carbons (Fsp3) is 0.714. The summed E-state index contributed by atoms with van der Waals surface area (Å²) >= 11 is 0. The van der Waals surface area contributed by atoms with Crippen LogP contribution in [0.5, 0.6) is 0 Å². The van der Waals surface area contributed by atoms with Crippen LogP contribution in [0.2, 0.25) is 0 Å². The van der Waals surface area contributed by atoms with Crippen LogP contribution in [0.1, 0.15) is 27.2 Å². The highest BCUT2D eigenvalue weighted by atomic mass is 16.1. The van der Waals surface area contributed by atoms with Crippen molar-refractivity contribution in [2.45, 2.75) is 27.2 Å². The molecular weight excluding hydrogens is 100 g/mol. The second-order valence-corrected chi connectivity index (χ2v) is 2.35. The number of carbonyl (C=O) groups excluding carboxylic acids is 1. The van der Waals surface area contributed by atoms with Gasteiger partial charge in [0.1, 0.15) is 5.78 Å². The lowest BCUT2D eigenvalue weighted by Crippen LogP contribution is -2.00. The Kier molecular flexibility index (Phi) is 3.49. The molecule has 1 heteroatoms. The van der Waals surface area contributed by atoms with E-state index in [1.54, 1.807) is 13.3 Å². The molecule has 0 aliphatic carbocycles. The Morgan fingerprint density at radius 2 is 2.12 bits per heavy atom. The number of hydrogen-bond donors (Lipinski definition) is 0. The largest absolute Gasteiger partial charge is 0.299 e. The standard InChI is InChI=1S/C7H13O/c1-4-7(8)5-6(2)3/h4,6H,5H2,1-3H3. The summed E-state index contributed by atoms with van der Waals surface area (Å²) in [6, 6.07) is 0. The smallest absolute Gasteiger partial charge is 0.136 e. The highest BCUT2D eigenvalue weighted by Gasteiger charge is 2.00. The van der Waals surface area contributed by atoms with Crippen LogP contribution in [-0.2, 0) is 4.79 Å². The van der Waals surface area contributed by atoms with Gasteiger partial charge in [0.2, 0.25) is 0 Å². The third-order valence-corrected chi connectivity index (χ3v) is 0.931. The van der Waals surface area contributed by atoms with Gasteiger partial charge >= 0.3 is 0 Å². The molecule has 0 heterocycles. The molecule has 0 bridgehead atoms. The first kappa shape index (κ1) is 7.67. The summed E-state index contributed by atoms with van der Waals surface area (Å²) in [7, 11) is 0. The predicted molar refractivity (Wildman–Crippen MR) is 34.4 cm³/mol. The minimum absolute atomic E-state index is 0.250. The van der Waals surface area contributed by atoms with E-state index in [4.69, 9.17) is 0 Å². The first-order valence-electron chi connectivity index (χ1n) is 2.99. The Hall–Kier alpha value is -0.330. The molecule has 0 saturated heterocycles. The van der Waals surface area contributed by atoms with Gasteiger partial charge in [0, 0.05) is 12.8 Å². The van der Waals surface area contributed by atoms with Gasteiger partial charge in [-0.3, -0.25) is 4.79 Å². The van der Waals surface area contributed by atoms with E-state index in [1.165, 1.54) is 0 Å². The molecule has 0 atom stereocenters. The van der Waals surface area contributed by atoms with Crippen LogP contribution in [0.25, 0.3) is 0 Å². The van der Waals surface area contributed by atoms with Crippen molar-refractivity contribution >= 4 is 5.78 Å². The molecule has 0 saturated carbocycles. The summed E-state index contributed by atoms with van der Waals surface area (Å²) in [6.07, 6.45) is 2.32. The maximum absolute atomic E-state index is 10.6. The van der Waals surface area contributed by atoms with E-state index >= 15 is 0 Å². The molecular formula is C7H13O. The Bertz CT molecular complexity index is 74.5. The van der Waals surface area contributed by atoms with Gasteiger partial charge in [-0.2, -0.15) is 0 Å². The van der Waals surface area contributed by atoms with Crippen molar-refractivity contribution in [3.8, 4) is 0 Å². The van der Waals surface area contributed by atoms with Crippen molar-refractivity contribution in [1.29, 1.82) is 0 Å². The average molecular weight is 113 g/mol. The molecule has 0 spiro atoms. The molecule has 0 N–H and O–H groups in total. The minimum Gasteiger partial charge on any atom is -0.299 e. The molecule has 1 radical (unpaired) electrons. The highest BCUT2D eigenvalue weighted by Crippen LogP contribution is 2.00. The van der Waals surface area contributed by atoms with Gasteiger partial charge in [-0.15, -0.1) is 0 Å². The summed E-state index contributed by atoms with van der Waals surface area (Å²) < 4.78 is 0. The Morgan fingerprint density at radius 3 is 2.25 bits per heavy atom. The molecule has 0 unspecified atom stereocenters. The Balaban J connectivity index is 3.25. The summed E-state index contributed by atoms with van der Waals surface area (Å²) in [6.45, 7) is 5.87. The van der Waals surface area contributed by atoms with E-state index in [1.807, 2.05) is 13.8 Å². The van der Waals surface area contributed by atoms with Gasteiger partial charge in [0.05, 0.1) is 0 Å². The van der Waals surface area contributed by atoms with Crippen LogP contribution in [0, 0.1) is 12.3 Å². The Labute approximate surface area is 51.1 Å². The van der Waals surface area contributed by atoms with Gasteiger partial charge in [-0.05, 0) is 5.92 Å². The number of rotatable bonds is 3. The molecule has 0 fully saturated rings. The SMILES string of the molecule is C[CH]C(=O)CC(C)C. The molecule has 47 valence electrons. The molecule has 8 heavy (non-hydrogen) atoms. The van der Waals surface area contributed by atoms with Crippen LogP contribution in [-0.4, -0.2) is 5.78 Å². The zero-order valence-corrected chi connectivity index (χ0v) is 5.77. The lowest BCUT2D eigenvalue weighted by atomic mass is 10.1. The van der Waals surface area contributed by atoms with Crippen molar-refractivity contribution in [3.05, 3.63) is 6.42 Å². The van der Waals surface area contributed by atoms with E-state index in [2.05, 4.69) is 0 Å². The average Bonchev–Trinajstić information content (AvgIpc) is 1.65. The van der Waals surface area contributed by atoms with Crippen LogP contribution in [0.4, 0.5) is 0 Å². The maximum Gasteiger partial charge on any atom is 0.136 e. The Morgan fingerprint density at radius 1 is 1.62 bits per heavy atom. The molecule has 0 amide bonds.